The summed E-state index contributed by atoms with van der Waals surface area (Å²) in [5.74, 6) is -5.71. The first-order chi connectivity index (χ1) is 11.1. The molecule has 8 heteroatoms. The molecule has 0 heterocycles. The zero-order chi connectivity index (χ0) is 19.1. The van der Waals surface area contributed by atoms with Crippen LogP contribution in [0, 0.1) is 11.8 Å². The maximum atomic E-state index is 10.5. The van der Waals surface area contributed by atoms with Crippen molar-refractivity contribution in [3.8, 4) is 0 Å². The highest BCUT2D eigenvalue weighted by Crippen LogP contribution is 2.12. The number of hydrogen-bond acceptors (Lipinski definition) is 4. The van der Waals surface area contributed by atoms with E-state index in [1.165, 1.54) is 0 Å². The molecule has 24 heavy (non-hydrogen) atoms. The van der Waals surface area contributed by atoms with Gasteiger partial charge in [0.1, 0.15) is 0 Å². The number of carboxylic acids is 4. The first-order valence-corrected chi connectivity index (χ1v) is 7.65. The molecule has 0 aliphatic heterocycles. The molecule has 138 valence electrons. The molecule has 4 N–H and O–H groups in total. The van der Waals surface area contributed by atoms with Gasteiger partial charge < -0.3 is 20.4 Å². The first kappa shape index (κ1) is 23.9. The van der Waals surface area contributed by atoms with E-state index >= 15 is 0 Å². The fraction of sp³-hybridized carbons (Fsp3) is 0.625. The van der Waals surface area contributed by atoms with Gasteiger partial charge in [0.25, 0.3) is 0 Å². The van der Waals surface area contributed by atoms with Gasteiger partial charge in [-0.15, -0.1) is 0 Å². The van der Waals surface area contributed by atoms with Gasteiger partial charge in [-0.3, -0.25) is 19.2 Å². The molecule has 0 rings (SSSR count). The van der Waals surface area contributed by atoms with E-state index in [1.54, 1.807) is 19.1 Å². The van der Waals surface area contributed by atoms with Gasteiger partial charge in [0.15, 0.2) is 0 Å². The molecule has 0 aliphatic rings. The van der Waals surface area contributed by atoms with Gasteiger partial charge in [-0.05, 0) is 19.8 Å². The number of unbranched alkanes of at least 4 members (excludes halogenated alkanes) is 1. The van der Waals surface area contributed by atoms with E-state index in [2.05, 4.69) is 0 Å². The normalized spacial score (nSPS) is 12.8. The smallest absolute Gasteiger partial charge is 0.307 e. The Morgan fingerprint density at radius 1 is 0.875 bits per heavy atom. The molecule has 0 bridgehead atoms. The van der Waals surface area contributed by atoms with E-state index in [0.717, 1.165) is 12.8 Å². The van der Waals surface area contributed by atoms with Crippen LogP contribution in [0.1, 0.15) is 52.4 Å². The van der Waals surface area contributed by atoms with Gasteiger partial charge in [-0.1, -0.05) is 31.9 Å². The average molecular weight is 346 g/mol. The Morgan fingerprint density at radius 2 is 1.33 bits per heavy atom. The summed E-state index contributed by atoms with van der Waals surface area (Å²) in [5, 5.41) is 33.9. The Bertz CT molecular complexity index is 441. The Kier molecular flexibility index (Phi) is 14.2. The number of carboxylic acid groups (broad SMARTS) is 4. The summed E-state index contributed by atoms with van der Waals surface area (Å²) in [5.41, 5.74) is 0. The van der Waals surface area contributed by atoms with Crippen LogP contribution < -0.4 is 0 Å². The van der Waals surface area contributed by atoms with Crippen LogP contribution in [0.5, 0.6) is 0 Å². The van der Waals surface area contributed by atoms with Crippen molar-refractivity contribution >= 4 is 23.9 Å². The largest absolute Gasteiger partial charge is 0.481 e. The van der Waals surface area contributed by atoms with Crippen molar-refractivity contribution in [1.82, 2.24) is 0 Å². The second-order valence-corrected chi connectivity index (χ2v) is 5.21. The summed E-state index contributed by atoms with van der Waals surface area (Å²) < 4.78 is 0. The number of aliphatic carboxylic acids is 4. The predicted molar refractivity (Wildman–Crippen MR) is 85.7 cm³/mol. The van der Waals surface area contributed by atoms with Crippen LogP contribution in [0.15, 0.2) is 12.2 Å². The monoisotopic (exact) mass is 346 g/mol. The molecular formula is C16H26O8. The molecule has 8 nitrogen and oxygen atoms in total. The fourth-order valence-corrected chi connectivity index (χ4v) is 1.76. The lowest BCUT2D eigenvalue weighted by molar-refractivity contribution is -0.148. The summed E-state index contributed by atoms with van der Waals surface area (Å²) in [7, 11) is 0. The van der Waals surface area contributed by atoms with E-state index in [1.807, 2.05) is 6.92 Å². The Morgan fingerprint density at radius 3 is 1.67 bits per heavy atom. The summed E-state index contributed by atoms with van der Waals surface area (Å²) >= 11 is 0. The highest BCUT2D eigenvalue weighted by atomic mass is 16.4. The van der Waals surface area contributed by atoms with Crippen LogP contribution >= 0.6 is 0 Å². The third-order valence-electron chi connectivity index (χ3n) is 3.10. The van der Waals surface area contributed by atoms with E-state index < -0.39 is 35.7 Å². The summed E-state index contributed by atoms with van der Waals surface area (Å²) in [4.78, 5) is 41.3. The van der Waals surface area contributed by atoms with Crippen molar-refractivity contribution in [1.29, 1.82) is 0 Å². The lowest BCUT2D eigenvalue weighted by Crippen LogP contribution is -2.17. The standard InChI is InChI=1S/C8H14O4.C8H12O4/c2*1-2-3-4-6(8(11)12)5-7(9)10/h6H,2-5H2,1H3,(H,9,10)(H,11,12);2-3,6H,4-5H2,1H3,(H,9,10)(H,11,12)/b;3-2-. The van der Waals surface area contributed by atoms with Crippen molar-refractivity contribution in [2.24, 2.45) is 11.8 Å². The van der Waals surface area contributed by atoms with E-state index in [0.29, 0.717) is 6.42 Å². The SMILES string of the molecule is C/C=C\CC(CC(=O)O)C(=O)O.CCCCC(CC(=O)O)C(=O)O. The zero-order valence-electron chi connectivity index (χ0n) is 14.0. The minimum Gasteiger partial charge on any atom is -0.481 e. The Hall–Kier alpha value is -2.38. The molecule has 2 unspecified atom stereocenters. The summed E-state index contributed by atoms with van der Waals surface area (Å²) in [6.45, 7) is 3.71. The molecule has 0 fully saturated rings. The molecule has 0 amide bonds. The molecule has 0 saturated heterocycles. The van der Waals surface area contributed by atoms with Crippen molar-refractivity contribution in [2.75, 3.05) is 0 Å². The van der Waals surface area contributed by atoms with E-state index in [9.17, 15) is 19.2 Å². The molecule has 0 spiro atoms. The maximum Gasteiger partial charge on any atom is 0.307 e. The van der Waals surface area contributed by atoms with E-state index in [4.69, 9.17) is 20.4 Å². The van der Waals surface area contributed by atoms with Crippen molar-refractivity contribution in [3.63, 3.8) is 0 Å². The zero-order valence-corrected chi connectivity index (χ0v) is 14.0. The van der Waals surface area contributed by atoms with Crippen molar-refractivity contribution in [2.45, 2.75) is 52.4 Å². The minimum absolute atomic E-state index is 0.269. The third kappa shape index (κ3) is 14.6. The molecule has 0 radical (unpaired) electrons. The molecular weight excluding hydrogens is 320 g/mol. The van der Waals surface area contributed by atoms with Gasteiger partial charge in [-0.2, -0.15) is 0 Å². The van der Waals surface area contributed by atoms with E-state index in [-0.39, 0.29) is 19.3 Å². The minimum atomic E-state index is -1.08. The molecule has 0 aromatic rings. The van der Waals surface area contributed by atoms with Crippen LogP contribution in [0.3, 0.4) is 0 Å². The molecule has 2 atom stereocenters. The first-order valence-electron chi connectivity index (χ1n) is 7.65. The average Bonchev–Trinajstić information content (AvgIpc) is 2.47. The fourth-order valence-electron chi connectivity index (χ4n) is 1.76. The molecule has 0 saturated carbocycles. The van der Waals surface area contributed by atoms with Crippen molar-refractivity contribution in [3.05, 3.63) is 12.2 Å². The second-order valence-electron chi connectivity index (χ2n) is 5.21. The number of allylic oxidation sites excluding steroid dienone is 2. The van der Waals surface area contributed by atoms with Gasteiger partial charge in [0.05, 0.1) is 24.7 Å². The summed E-state index contributed by atoms with van der Waals surface area (Å²) in [6.07, 6.45) is 5.17. The molecule has 0 aromatic heterocycles. The lowest BCUT2D eigenvalue weighted by Gasteiger charge is -2.07. The number of rotatable bonds is 11. The second kappa shape index (κ2) is 14.2. The van der Waals surface area contributed by atoms with Crippen LogP contribution in [-0.4, -0.2) is 44.3 Å². The van der Waals surface area contributed by atoms with Crippen molar-refractivity contribution < 1.29 is 39.6 Å². The van der Waals surface area contributed by atoms with Crippen LogP contribution in [0.4, 0.5) is 0 Å². The van der Waals surface area contributed by atoms with Gasteiger partial charge >= 0.3 is 23.9 Å². The Labute approximate surface area is 140 Å². The Balaban J connectivity index is 0. The molecule has 0 aliphatic carbocycles. The van der Waals surface area contributed by atoms with Crippen LogP contribution in [-0.2, 0) is 19.2 Å². The van der Waals surface area contributed by atoms with Gasteiger partial charge in [0, 0.05) is 0 Å². The van der Waals surface area contributed by atoms with Gasteiger partial charge in [-0.25, -0.2) is 0 Å². The predicted octanol–water partition coefficient (Wildman–Crippen LogP) is 2.48. The highest BCUT2D eigenvalue weighted by Gasteiger charge is 2.20. The summed E-state index contributed by atoms with van der Waals surface area (Å²) in [6, 6.07) is 0. The quantitative estimate of drug-likeness (QED) is 0.417. The maximum absolute atomic E-state index is 10.5. The number of hydrogen-bond donors (Lipinski definition) is 4. The number of carbonyl (C=O) groups is 4. The van der Waals surface area contributed by atoms with Gasteiger partial charge in [0.2, 0.25) is 0 Å². The van der Waals surface area contributed by atoms with Crippen LogP contribution in [0.2, 0.25) is 0 Å². The lowest BCUT2D eigenvalue weighted by atomic mass is 9.99. The highest BCUT2D eigenvalue weighted by molar-refractivity contribution is 5.78. The topological polar surface area (TPSA) is 149 Å². The molecule has 0 aromatic carbocycles. The van der Waals surface area contributed by atoms with Crippen LogP contribution in [0.25, 0.3) is 0 Å². The third-order valence-corrected chi connectivity index (χ3v) is 3.10.